The quantitative estimate of drug-likeness (QED) is 0.735. The van der Waals surface area contributed by atoms with Crippen molar-refractivity contribution >= 4 is 11.6 Å². The molecule has 8 heteroatoms. The monoisotopic (exact) mass is 432 g/mol. The van der Waals surface area contributed by atoms with Crippen molar-refractivity contribution in [3.63, 3.8) is 0 Å². The average Bonchev–Trinajstić information content (AvgIpc) is 2.78. The van der Waals surface area contributed by atoms with E-state index in [1.54, 1.807) is 19.2 Å². The second-order valence-corrected chi connectivity index (χ2v) is 8.01. The van der Waals surface area contributed by atoms with Crippen LogP contribution >= 0.6 is 0 Å². The third kappa shape index (κ3) is 4.36. The average molecular weight is 432 g/mol. The van der Waals surface area contributed by atoms with Crippen LogP contribution in [0.4, 0.5) is 14.5 Å². The Labute approximate surface area is 179 Å². The molecule has 2 aromatic carbocycles. The number of hydrogen-bond donors (Lipinski definition) is 2. The molecule has 2 aliphatic heterocycles. The summed E-state index contributed by atoms with van der Waals surface area (Å²) in [4.78, 5) is 14.1. The molecule has 31 heavy (non-hydrogen) atoms. The molecule has 4 rings (SSSR count). The Morgan fingerprint density at radius 1 is 1.23 bits per heavy atom. The Morgan fingerprint density at radius 2 is 2.00 bits per heavy atom. The van der Waals surface area contributed by atoms with E-state index >= 15 is 0 Å². The standard InChI is InChI=1S/C23H26F2N2O4/c1-30-16-4-2-15(3-5-16)13-27-21(28)9-6-17-19(8-7-18(24)22(17)27)31-14-23(29)10-11-26-12-20(23)25/h2-5,7-8,20,26,29H,6,9-14H2,1H3. The topological polar surface area (TPSA) is 71.0 Å². The molecule has 166 valence electrons. The molecule has 1 saturated heterocycles. The van der Waals surface area contributed by atoms with Gasteiger partial charge >= 0.3 is 0 Å². The number of halogens is 2. The number of fused-ring (bicyclic) bond motifs is 1. The molecule has 2 unspecified atom stereocenters. The van der Waals surface area contributed by atoms with Crippen molar-refractivity contribution in [3.8, 4) is 11.5 Å². The largest absolute Gasteiger partial charge is 0.497 e. The molecule has 0 saturated carbocycles. The number of anilines is 1. The highest BCUT2D eigenvalue weighted by atomic mass is 19.1. The van der Waals surface area contributed by atoms with Crippen molar-refractivity contribution in [3.05, 3.63) is 53.3 Å². The fraction of sp³-hybridized carbons (Fsp3) is 0.435. The summed E-state index contributed by atoms with van der Waals surface area (Å²) in [5.74, 6) is 0.355. The molecule has 6 nitrogen and oxygen atoms in total. The molecule has 0 bridgehead atoms. The second-order valence-electron chi connectivity index (χ2n) is 8.01. The summed E-state index contributed by atoms with van der Waals surface area (Å²) >= 11 is 0. The number of rotatable bonds is 6. The summed E-state index contributed by atoms with van der Waals surface area (Å²) in [6, 6.07) is 9.95. The van der Waals surface area contributed by atoms with Gasteiger partial charge in [-0.1, -0.05) is 12.1 Å². The summed E-state index contributed by atoms with van der Waals surface area (Å²) in [7, 11) is 1.57. The van der Waals surface area contributed by atoms with Crippen LogP contribution in [0.15, 0.2) is 36.4 Å². The van der Waals surface area contributed by atoms with E-state index in [2.05, 4.69) is 5.32 Å². The first-order valence-electron chi connectivity index (χ1n) is 10.4. The first-order chi connectivity index (χ1) is 14.9. The minimum atomic E-state index is -1.60. The number of carbonyl (C=O) groups excluding carboxylic acids is 1. The number of ether oxygens (including phenoxy) is 2. The minimum Gasteiger partial charge on any atom is -0.497 e. The molecule has 1 amide bonds. The fourth-order valence-corrected chi connectivity index (χ4v) is 4.08. The van der Waals surface area contributed by atoms with E-state index < -0.39 is 17.6 Å². The number of aliphatic hydroxyl groups is 1. The summed E-state index contributed by atoms with van der Waals surface area (Å²) < 4.78 is 40.0. The van der Waals surface area contributed by atoms with E-state index in [1.807, 2.05) is 12.1 Å². The maximum Gasteiger partial charge on any atom is 0.227 e. The maximum absolute atomic E-state index is 14.8. The van der Waals surface area contributed by atoms with Gasteiger partial charge in [0.05, 0.1) is 19.3 Å². The normalized spacial score (nSPS) is 23.4. The summed E-state index contributed by atoms with van der Waals surface area (Å²) in [5.41, 5.74) is -0.0310. The SMILES string of the molecule is COc1ccc(CN2C(=O)CCc3c(OCC4(O)CCNCC4F)ccc(F)c32)cc1. The van der Waals surface area contributed by atoms with Crippen LogP contribution < -0.4 is 19.7 Å². The van der Waals surface area contributed by atoms with E-state index in [0.717, 1.165) is 5.56 Å². The molecule has 0 aliphatic carbocycles. The van der Waals surface area contributed by atoms with Gasteiger partial charge in [0.2, 0.25) is 5.91 Å². The summed E-state index contributed by atoms with van der Waals surface area (Å²) in [6.45, 7) is 0.524. The zero-order chi connectivity index (χ0) is 22.0. The van der Waals surface area contributed by atoms with E-state index in [1.165, 1.54) is 17.0 Å². The molecule has 2 aromatic rings. The van der Waals surface area contributed by atoms with Gasteiger partial charge in [0.25, 0.3) is 0 Å². The Bertz CT molecular complexity index is 953. The Morgan fingerprint density at radius 3 is 2.71 bits per heavy atom. The van der Waals surface area contributed by atoms with Gasteiger partial charge in [-0.05, 0) is 49.2 Å². The van der Waals surface area contributed by atoms with Crippen molar-refractivity contribution in [1.29, 1.82) is 0 Å². The van der Waals surface area contributed by atoms with Gasteiger partial charge < -0.3 is 24.8 Å². The van der Waals surface area contributed by atoms with Gasteiger partial charge in [-0.3, -0.25) is 4.79 Å². The maximum atomic E-state index is 14.8. The first-order valence-corrected chi connectivity index (χ1v) is 10.4. The van der Waals surface area contributed by atoms with Gasteiger partial charge in [-0.2, -0.15) is 0 Å². The number of nitrogens with one attached hydrogen (secondary N) is 1. The van der Waals surface area contributed by atoms with Crippen LogP contribution in [-0.2, 0) is 17.8 Å². The lowest BCUT2D eigenvalue weighted by atomic mass is 9.91. The molecule has 0 aromatic heterocycles. The summed E-state index contributed by atoms with van der Waals surface area (Å²) in [6.07, 6.45) is -0.701. The third-order valence-corrected chi connectivity index (χ3v) is 5.97. The Hall–Kier alpha value is -2.71. The molecule has 2 atom stereocenters. The molecule has 0 radical (unpaired) electrons. The summed E-state index contributed by atoms with van der Waals surface area (Å²) in [5, 5.41) is 13.5. The predicted molar refractivity (Wildman–Crippen MR) is 112 cm³/mol. The van der Waals surface area contributed by atoms with Gasteiger partial charge in [-0.25, -0.2) is 8.78 Å². The van der Waals surface area contributed by atoms with Crippen LogP contribution in [0.5, 0.6) is 11.5 Å². The van der Waals surface area contributed by atoms with Crippen LogP contribution in [0.2, 0.25) is 0 Å². The number of amides is 1. The van der Waals surface area contributed by atoms with Crippen LogP contribution in [0.1, 0.15) is 24.0 Å². The molecule has 2 aliphatic rings. The van der Waals surface area contributed by atoms with E-state index in [4.69, 9.17) is 9.47 Å². The van der Waals surface area contributed by atoms with Gasteiger partial charge in [0.1, 0.15) is 35.7 Å². The Kier molecular flexibility index (Phi) is 6.11. The first kappa shape index (κ1) is 21.5. The molecule has 2 N–H and O–H groups in total. The number of nitrogens with zero attached hydrogens (tertiary/aromatic N) is 1. The highest BCUT2D eigenvalue weighted by Crippen LogP contribution is 2.38. The van der Waals surface area contributed by atoms with Gasteiger partial charge in [0.15, 0.2) is 0 Å². The molecule has 0 spiro atoms. The number of piperidine rings is 1. The number of methoxy groups -OCH3 is 1. The highest BCUT2D eigenvalue weighted by molar-refractivity contribution is 5.97. The second kappa shape index (κ2) is 8.80. The number of carbonyl (C=O) groups is 1. The third-order valence-electron chi connectivity index (χ3n) is 5.97. The van der Waals surface area contributed by atoms with Crippen molar-refractivity contribution in [1.82, 2.24) is 5.32 Å². The number of benzene rings is 2. The zero-order valence-electron chi connectivity index (χ0n) is 17.4. The minimum absolute atomic E-state index is 0.0610. The van der Waals surface area contributed by atoms with Crippen LogP contribution in [-0.4, -0.2) is 49.6 Å². The van der Waals surface area contributed by atoms with Gasteiger partial charge in [0, 0.05) is 18.5 Å². The highest BCUT2D eigenvalue weighted by Gasteiger charge is 2.40. The number of alkyl halides is 1. The number of hydrogen-bond acceptors (Lipinski definition) is 5. The van der Waals surface area contributed by atoms with Crippen LogP contribution in [0.3, 0.4) is 0 Å². The van der Waals surface area contributed by atoms with Crippen LogP contribution in [0.25, 0.3) is 0 Å². The zero-order valence-corrected chi connectivity index (χ0v) is 17.4. The van der Waals surface area contributed by atoms with Crippen molar-refractivity contribution in [2.45, 2.75) is 37.6 Å². The Balaban J connectivity index is 1.59. The molecular weight excluding hydrogens is 406 g/mol. The predicted octanol–water partition coefficient (Wildman–Crippen LogP) is 2.76. The van der Waals surface area contributed by atoms with Crippen molar-refractivity contribution in [2.75, 3.05) is 31.7 Å². The van der Waals surface area contributed by atoms with Gasteiger partial charge in [-0.15, -0.1) is 0 Å². The fourth-order valence-electron chi connectivity index (χ4n) is 4.08. The van der Waals surface area contributed by atoms with E-state index in [9.17, 15) is 18.7 Å². The van der Waals surface area contributed by atoms with Crippen molar-refractivity contribution in [2.24, 2.45) is 0 Å². The van der Waals surface area contributed by atoms with Crippen molar-refractivity contribution < 1.29 is 28.2 Å². The van der Waals surface area contributed by atoms with E-state index in [0.29, 0.717) is 30.0 Å². The molecular formula is C23H26F2N2O4. The van der Waals surface area contributed by atoms with Crippen LogP contribution in [0, 0.1) is 5.82 Å². The molecule has 2 heterocycles. The van der Waals surface area contributed by atoms with E-state index in [-0.39, 0.29) is 44.1 Å². The lowest BCUT2D eigenvalue weighted by Crippen LogP contribution is -2.55. The lowest BCUT2D eigenvalue weighted by molar-refractivity contribution is -0.119. The molecule has 1 fully saturated rings. The smallest absolute Gasteiger partial charge is 0.227 e. The lowest BCUT2D eigenvalue weighted by Gasteiger charge is -2.36.